The van der Waals surface area contributed by atoms with Crippen LogP contribution >= 0.6 is 11.3 Å². The van der Waals surface area contributed by atoms with Gasteiger partial charge in [-0.3, -0.25) is 0 Å². The van der Waals surface area contributed by atoms with Crippen molar-refractivity contribution in [2.45, 2.75) is 43.1 Å². The molecule has 0 radical (unpaired) electrons. The Morgan fingerprint density at radius 3 is 2.34 bits per heavy atom. The Hall–Kier alpha value is -2.70. The highest BCUT2D eigenvalue weighted by molar-refractivity contribution is 7.91. The molecule has 2 heterocycles. The summed E-state index contributed by atoms with van der Waals surface area (Å²) in [7, 11) is -3.73. The largest absolute Gasteiger partial charge is 0.490 e. The fraction of sp³-hybridized carbons (Fsp3) is 0.300. The van der Waals surface area contributed by atoms with Crippen molar-refractivity contribution < 1.29 is 31.5 Å². The van der Waals surface area contributed by atoms with E-state index in [2.05, 4.69) is 11.9 Å². The minimum Gasteiger partial charge on any atom is -0.475 e. The van der Waals surface area contributed by atoms with Gasteiger partial charge in [-0.25, -0.2) is 23.3 Å². The van der Waals surface area contributed by atoms with Crippen LogP contribution in [-0.2, 0) is 27.8 Å². The molecule has 0 aliphatic carbocycles. The number of hydrogen-bond acceptors (Lipinski definition) is 5. The first-order chi connectivity index (χ1) is 14.9. The van der Waals surface area contributed by atoms with E-state index in [1.807, 2.05) is 41.1 Å². The molecule has 174 valence electrons. The lowest BCUT2D eigenvalue weighted by Gasteiger charge is -2.05. The first kappa shape index (κ1) is 25.6. The number of benzene rings is 1. The summed E-state index contributed by atoms with van der Waals surface area (Å²) in [6.07, 6.45) is 3.32. The molecule has 2 aromatic heterocycles. The molecule has 0 atom stereocenters. The first-order valence-electron chi connectivity index (χ1n) is 9.42. The van der Waals surface area contributed by atoms with E-state index in [-0.39, 0.29) is 4.21 Å². The maximum Gasteiger partial charge on any atom is 0.490 e. The van der Waals surface area contributed by atoms with Crippen LogP contribution in [0.3, 0.4) is 0 Å². The zero-order chi connectivity index (χ0) is 23.9. The summed E-state index contributed by atoms with van der Waals surface area (Å²) in [6, 6.07) is 9.88. The number of aliphatic carboxylic acids is 1. The van der Waals surface area contributed by atoms with E-state index in [0.717, 1.165) is 41.8 Å². The molecule has 0 unspecified atom stereocenters. The number of halogens is 3. The van der Waals surface area contributed by atoms with Crippen LogP contribution in [0.15, 0.2) is 53.3 Å². The van der Waals surface area contributed by atoms with Crippen LogP contribution in [0.2, 0.25) is 0 Å². The predicted molar refractivity (Wildman–Crippen MR) is 115 cm³/mol. The number of carboxylic acid groups (broad SMARTS) is 1. The lowest BCUT2D eigenvalue weighted by molar-refractivity contribution is -0.192. The number of sulfonamides is 1. The van der Waals surface area contributed by atoms with Crippen molar-refractivity contribution in [3.8, 4) is 11.1 Å². The maximum absolute atomic E-state index is 12.0. The summed E-state index contributed by atoms with van der Waals surface area (Å²) < 4.78 is 57.9. The second kappa shape index (κ2) is 10.7. The van der Waals surface area contributed by atoms with Crippen molar-refractivity contribution in [3.05, 3.63) is 59.5 Å². The Kier molecular flexibility index (Phi) is 8.58. The Balaban J connectivity index is 0.000000451. The number of thiophene rings is 1. The fourth-order valence-electron chi connectivity index (χ4n) is 2.69. The highest BCUT2D eigenvalue weighted by Gasteiger charge is 2.38. The van der Waals surface area contributed by atoms with E-state index in [1.165, 1.54) is 11.3 Å². The van der Waals surface area contributed by atoms with Gasteiger partial charge in [-0.1, -0.05) is 37.6 Å². The number of aromatic nitrogens is 2. The topological polar surface area (TPSA) is 115 Å². The summed E-state index contributed by atoms with van der Waals surface area (Å²) in [6.45, 7) is 2.85. The number of alkyl halides is 3. The number of carbonyl (C=O) groups is 1. The van der Waals surface area contributed by atoms with E-state index < -0.39 is 22.2 Å². The van der Waals surface area contributed by atoms with Crippen LogP contribution in [0.1, 0.15) is 30.2 Å². The summed E-state index contributed by atoms with van der Waals surface area (Å²) in [4.78, 5) is 14.0. The standard InChI is InChI=1S/C18H21N3O2S2.C2HF3O2/c1-2-3-4-16-11-17(18(24-16)25(19,22)23)15-7-5-14(6-8-15)12-21-10-9-20-13-21;3-2(4,5)1(6)7/h5-11,13H,2-4,12H2,1H3,(H2,19,22,23);(H,6,7). The number of nitrogens with two attached hydrogens (primary N) is 1. The van der Waals surface area contributed by atoms with Gasteiger partial charge in [0.2, 0.25) is 10.0 Å². The van der Waals surface area contributed by atoms with Gasteiger partial charge in [0.25, 0.3) is 0 Å². The van der Waals surface area contributed by atoms with Crippen molar-refractivity contribution in [2.24, 2.45) is 5.14 Å². The SMILES string of the molecule is CCCCc1cc(-c2ccc(Cn3ccnc3)cc2)c(S(N)(=O)=O)s1.O=C(O)C(F)(F)F. The Morgan fingerprint density at radius 2 is 1.88 bits per heavy atom. The highest BCUT2D eigenvalue weighted by Crippen LogP contribution is 2.35. The molecule has 0 fully saturated rings. The zero-order valence-electron chi connectivity index (χ0n) is 17.0. The normalized spacial score (nSPS) is 11.7. The fourth-order valence-corrected chi connectivity index (χ4v) is 4.91. The highest BCUT2D eigenvalue weighted by atomic mass is 32.2. The Labute approximate surface area is 187 Å². The van der Waals surface area contributed by atoms with E-state index in [4.69, 9.17) is 15.0 Å². The third-order valence-corrected chi connectivity index (χ3v) is 6.89. The molecule has 1 aromatic carbocycles. The molecule has 32 heavy (non-hydrogen) atoms. The zero-order valence-corrected chi connectivity index (χ0v) is 18.7. The van der Waals surface area contributed by atoms with Gasteiger partial charge in [0, 0.05) is 29.4 Å². The summed E-state index contributed by atoms with van der Waals surface area (Å²) in [5.41, 5.74) is 2.70. The molecule has 7 nitrogen and oxygen atoms in total. The van der Waals surface area contributed by atoms with Crippen molar-refractivity contribution >= 4 is 27.3 Å². The Morgan fingerprint density at radius 1 is 1.25 bits per heavy atom. The molecule has 3 rings (SSSR count). The van der Waals surface area contributed by atoms with Gasteiger partial charge >= 0.3 is 12.1 Å². The lowest BCUT2D eigenvalue weighted by atomic mass is 10.1. The molecule has 0 saturated heterocycles. The molecule has 0 aliphatic rings. The quantitative estimate of drug-likeness (QED) is 0.514. The van der Waals surface area contributed by atoms with Crippen LogP contribution in [0, 0.1) is 0 Å². The van der Waals surface area contributed by atoms with E-state index in [0.29, 0.717) is 5.56 Å². The monoisotopic (exact) mass is 489 g/mol. The van der Waals surface area contributed by atoms with Gasteiger partial charge in [0.15, 0.2) is 0 Å². The average Bonchev–Trinajstić information content (AvgIpc) is 3.36. The van der Waals surface area contributed by atoms with Crippen molar-refractivity contribution in [2.75, 3.05) is 0 Å². The summed E-state index contributed by atoms with van der Waals surface area (Å²) >= 11 is 1.28. The van der Waals surface area contributed by atoms with Crippen molar-refractivity contribution in [3.63, 3.8) is 0 Å². The minimum atomic E-state index is -5.08. The van der Waals surface area contributed by atoms with Crippen LogP contribution in [0.4, 0.5) is 13.2 Å². The molecule has 0 aliphatic heterocycles. The molecule has 3 N–H and O–H groups in total. The number of nitrogens with zero attached hydrogens (tertiary/aromatic N) is 2. The number of carboxylic acids is 1. The van der Waals surface area contributed by atoms with Gasteiger partial charge in [0.05, 0.1) is 6.33 Å². The van der Waals surface area contributed by atoms with Gasteiger partial charge in [-0.2, -0.15) is 13.2 Å². The van der Waals surface area contributed by atoms with Crippen LogP contribution in [-0.4, -0.2) is 35.2 Å². The molecule has 0 spiro atoms. The molecule has 0 amide bonds. The molecule has 12 heteroatoms. The number of rotatable bonds is 7. The van der Waals surface area contributed by atoms with Crippen LogP contribution in [0.25, 0.3) is 11.1 Å². The van der Waals surface area contributed by atoms with Crippen LogP contribution in [0.5, 0.6) is 0 Å². The summed E-state index contributed by atoms with van der Waals surface area (Å²) in [5, 5.41) is 12.6. The minimum absolute atomic E-state index is 0.251. The number of hydrogen-bond donors (Lipinski definition) is 2. The number of aryl methyl sites for hydroxylation is 1. The van der Waals surface area contributed by atoms with E-state index in [1.54, 1.807) is 12.5 Å². The first-order valence-corrected chi connectivity index (χ1v) is 11.8. The molecule has 3 aromatic rings. The molecule has 0 saturated carbocycles. The van der Waals surface area contributed by atoms with Gasteiger partial charge < -0.3 is 9.67 Å². The number of primary sulfonamides is 1. The number of imidazole rings is 1. The number of unbranched alkanes of at least 4 members (excludes halogenated alkanes) is 1. The lowest BCUT2D eigenvalue weighted by Crippen LogP contribution is -2.21. The third-order valence-electron chi connectivity index (χ3n) is 4.22. The average molecular weight is 490 g/mol. The second-order valence-electron chi connectivity index (χ2n) is 6.80. The second-order valence-corrected chi connectivity index (χ2v) is 9.69. The van der Waals surface area contributed by atoms with Gasteiger partial charge in [-0.05, 0) is 30.0 Å². The smallest absolute Gasteiger partial charge is 0.475 e. The van der Waals surface area contributed by atoms with E-state index in [9.17, 15) is 21.6 Å². The molecular formula is C20H22F3N3O4S2. The van der Waals surface area contributed by atoms with Gasteiger partial charge in [-0.15, -0.1) is 11.3 Å². The Bertz CT molecular complexity index is 1120. The van der Waals surface area contributed by atoms with Gasteiger partial charge in [0.1, 0.15) is 4.21 Å². The van der Waals surface area contributed by atoms with Crippen molar-refractivity contribution in [1.29, 1.82) is 0 Å². The molecule has 0 bridgehead atoms. The van der Waals surface area contributed by atoms with E-state index >= 15 is 0 Å². The summed E-state index contributed by atoms with van der Waals surface area (Å²) in [5.74, 6) is -2.76. The van der Waals surface area contributed by atoms with Crippen molar-refractivity contribution in [1.82, 2.24) is 9.55 Å². The van der Waals surface area contributed by atoms with Crippen LogP contribution < -0.4 is 5.14 Å². The molecular weight excluding hydrogens is 467 g/mol. The predicted octanol–water partition coefficient (Wildman–Crippen LogP) is 4.28. The maximum atomic E-state index is 12.0. The third kappa shape index (κ3) is 7.46.